The van der Waals surface area contributed by atoms with Crippen molar-refractivity contribution in [1.82, 2.24) is 9.80 Å². The molecule has 0 saturated carbocycles. The molecule has 2 saturated heterocycles. The number of carbonyl (C=O) groups is 2. The normalized spacial score (nSPS) is 22.0. The van der Waals surface area contributed by atoms with Crippen LogP contribution < -0.4 is 14.2 Å². The number of hydrogen-bond donors (Lipinski definition) is 1. The third-order valence-electron chi connectivity index (χ3n) is 8.01. The zero-order chi connectivity index (χ0) is 29.8. The van der Waals surface area contributed by atoms with Crippen molar-refractivity contribution in [3.63, 3.8) is 0 Å². The second-order valence-electron chi connectivity index (χ2n) is 11.6. The van der Waals surface area contributed by atoms with Crippen LogP contribution in [0, 0.1) is 5.92 Å². The number of aliphatic hydroxyl groups excluding tert-OH is 1. The molecule has 42 heavy (non-hydrogen) atoms. The number of carbonyl (C=O) groups excluding carboxylic acids is 2. The molecule has 2 aromatic carbocycles. The predicted molar refractivity (Wildman–Crippen MR) is 159 cm³/mol. The first-order valence-corrected chi connectivity index (χ1v) is 15.0. The van der Waals surface area contributed by atoms with E-state index in [0.29, 0.717) is 74.5 Å². The maximum atomic E-state index is 13.6. The van der Waals surface area contributed by atoms with Crippen LogP contribution in [-0.4, -0.2) is 85.3 Å². The Morgan fingerprint density at radius 2 is 1.83 bits per heavy atom. The average molecular weight is 579 g/mol. The Balaban J connectivity index is 1.53. The molecule has 226 valence electrons. The van der Waals surface area contributed by atoms with Gasteiger partial charge in [-0.25, -0.2) is 0 Å². The van der Waals surface area contributed by atoms with Crippen molar-refractivity contribution in [2.75, 3.05) is 52.6 Å². The Hall–Kier alpha value is -3.56. The number of benzene rings is 2. The highest BCUT2D eigenvalue weighted by molar-refractivity contribution is 6.46. The fourth-order valence-electron chi connectivity index (χ4n) is 5.74. The molecule has 3 aliphatic rings. The van der Waals surface area contributed by atoms with Gasteiger partial charge in [-0.15, -0.1) is 0 Å². The summed E-state index contributed by atoms with van der Waals surface area (Å²) in [6, 6.07) is 10.1. The van der Waals surface area contributed by atoms with Crippen LogP contribution in [0.15, 0.2) is 42.0 Å². The minimum atomic E-state index is -0.779. The minimum absolute atomic E-state index is 0.0430. The number of fused-ring (bicyclic) bond motifs is 1. The van der Waals surface area contributed by atoms with Crippen LogP contribution in [0.3, 0.4) is 0 Å². The largest absolute Gasteiger partial charge is 0.507 e. The van der Waals surface area contributed by atoms with Gasteiger partial charge in [0, 0.05) is 38.2 Å². The summed E-state index contributed by atoms with van der Waals surface area (Å²) in [6.07, 6.45) is 1.66. The van der Waals surface area contributed by atoms with Gasteiger partial charge in [-0.2, -0.15) is 0 Å². The Kier molecular flexibility index (Phi) is 9.38. The molecule has 1 amide bonds. The highest BCUT2D eigenvalue weighted by atomic mass is 16.5. The molecule has 1 N–H and O–H groups in total. The summed E-state index contributed by atoms with van der Waals surface area (Å²) in [6.45, 7) is 12.9. The summed E-state index contributed by atoms with van der Waals surface area (Å²) in [5, 5.41) is 11.6. The molecule has 9 nitrogen and oxygen atoms in total. The van der Waals surface area contributed by atoms with Crippen LogP contribution in [0.1, 0.15) is 56.8 Å². The Morgan fingerprint density at radius 3 is 2.57 bits per heavy atom. The molecule has 0 aliphatic carbocycles. The molecule has 2 atom stereocenters. The lowest BCUT2D eigenvalue weighted by atomic mass is 9.94. The van der Waals surface area contributed by atoms with E-state index in [1.165, 1.54) is 0 Å². The van der Waals surface area contributed by atoms with Gasteiger partial charge in [0.1, 0.15) is 17.6 Å². The maximum absolute atomic E-state index is 13.6. The van der Waals surface area contributed by atoms with Crippen LogP contribution in [0.5, 0.6) is 17.2 Å². The van der Waals surface area contributed by atoms with Crippen molar-refractivity contribution in [2.45, 2.75) is 52.7 Å². The van der Waals surface area contributed by atoms with Crippen molar-refractivity contribution in [2.24, 2.45) is 5.92 Å². The van der Waals surface area contributed by atoms with Gasteiger partial charge in [0.15, 0.2) is 11.5 Å². The van der Waals surface area contributed by atoms with E-state index in [0.717, 1.165) is 30.8 Å². The highest BCUT2D eigenvalue weighted by Crippen LogP contribution is 2.43. The topological polar surface area (TPSA) is 97.8 Å². The molecule has 2 aromatic rings. The molecule has 9 heteroatoms. The Labute approximate surface area is 248 Å². The number of aliphatic hydroxyl groups is 1. The first kappa shape index (κ1) is 29.9. The highest BCUT2D eigenvalue weighted by Gasteiger charge is 2.46. The van der Waals surface area contributed by atoms with E-state index in [-0.39, 0.29) is 17.4 Å². The van der Waals surface area contributed by atoms with Crippen molar-refractivity contribution < 1.29 is 33.6 Å². The summed E-state index contributed by atoms with van der Waals surface area (Å²) in [4.78, 5) is 30.9. The summed E-state index contributed by atoms with van der Waals surface area (Å²) in [5.74, 6) is 0.921. The molecule has 0 aromatic heterocycles. The first-order chi connectivity index (χ1) is 20.3. The molecule has 5 rings (SSSR count). The summed E-state index contributed by atoms with van der Waals surface area (Å²) in [5.41, 5.74) is 2.20. The zero-order valence-electron chi connectivity index (χ0n) is 25.1. The molecule has 0 radical (unpaired) electrons. The molecular weight excluding hydrogens is 536 g/mol. The van der Waals surface area contributed by atoms with E-state index in [2.05, 4.69) is 18.7 Å². The molecule has 3 heterocycles. The van der Waals surface area contributed by atoms with Crippen molar-refractivity contribution in [3.05, 3.63) is 58.7 Å². The van der Waals surface area contributed by atoms with Gasteiger partial charge < -0.3 is 29.0 Å². The minimum Gasteiger partial charge on any atom is -0.507 e. The van der Waals surface area contributed by atoms with Crippen LogP contribution >= 0.6 is 0 Å². The van der Waals surface area contributed by atoms with E-state index >= 15 is 0 Å². The molecule has 0 bridgehead atoms. The Bertz CT molecular complexity index is 1330. The lowest BCUT2D eigenvalue weighted by Crippen LogP contribution is -2.42. The Morgan fingerprint density at radius 1 is 1.05 bits per heavy atom. The number of likely N-dealkylation sites (tertiary alicyclic amines) is 1. The quantitative estimate of drug-likeness (QED) is 0.235. The molecule has 3 aliphatic heterocycles. The lowest BCUT2D eigenvalue weighted by Gasteiger charge is -2.31. The standard InChI is InChI=1S/C33H42N2O7/c1-5-40-28-20-23(6-9-27(28)41-15-10-21(2)3)30-29(31(36)24-7-8-26-25(19-24)18-22(4)42-26)32(37)33(38)35(30)12-11-34-13-16-39-17-14-34/h6-9,19-22,30,36H,5,10-18H2,1-4H3/t22-,30+/m1/s1. The number of rotatable bonds is 11. The van der Waals surface area contributed by atoms with Gasteiger partial charge in [-0.1, -0.05) is 19.9 Å². The van der Waals surface area contributed by atoms with E-state index in [9.17, 15) is 14.7 Å². The van der Waals surface area contributed by atoms with E-state index in [1.54, 1.807) is 11.0 Å². The molecule has 0 spiro atoms. The van der Waals surface area contributed by atoms with Crippen molar-refractivity contribution in [1.29, 1.82) is 0 Å². The fraction of sp³-hybridized carbons (Fsp3) is 0.515. The smallest absolute Gasteiger partial charge is 0.295 e. The monoisotopic (exact) mass is 578 g/mol. The van der Waals surface area contributed by atoms with Gasteiger partial charge in [-0.3, -0.25) is 14.5 Å². The van der Waals surface area contributed by atoms with Gasteiger partial charge in [0.2, 0.25) is 0 Å². The molecular formula is C33H42N2O7. The average Bonchev–Trinajstić information content (AvgIpc) is 3.47. The predicted octanol–water partition coefficient (Wildman–Crippen LogP) is 4.59. The van der Waals surface area contributed by atoms with Crippen molar-refractivity contribution in [3.8, 4) is 17.2 Å². The number of ether oxygens (including phenoxy) is 4. The van der Waals surface area contributed by atoms with Crippen molar-refractivity contribution >= 4 is 17.4 Å². The second-order valence-corrected chi connectivity index (χ2v) is 11.6. The lowest BCUT2D eigenvalue weighted by molar-refractivity contribution is -0.140. The van der Waals surface area contributed by atoms with Gasteiger partial charge in [0.05, 0.1) is 38.0 Å². The second kappa shape index (κ2) is 13.2. The molecule has 0 unspecified atom stereocenters. The van der Waals surface area contributed by atoms with Crippen LogP contribution in [-0.2, 0) is 20.7 Å². The third-order valence-corrected chi connectivity index (χ3v) is 8.01. The maximum Gasteiger partial charge on any atom is 0.295 e. The fourth-order valence-corrected chi connectivity index (χ4v) is 5.74. The number of ketones is 1. The van der Waals surface area contributed by atoms with E-state index < -0.39 is 17.7 Å². The number of morpholine rings is 1. The SMILES string of the molecule is CCOc1cc([C@H]2C(=C(O)c3ccc4c(c3)C[C@@H](C)O4)C(=O)C(=O)N2CCN2CCOCC2)ccc1OCCC(C)C. The van der Waals surface area contributed by atoms with Crippen LogP contribution in [0.2, 0.25) is 0 Å². The zero-order valence-corrected chi connectivity index (χ0v) is 25.1. The number of nitrogens with zero attached hydrogens (tertiary/aromatic N) is 2. The molecule has 2 fully saturated rings. The van der Waals surface area contributed by atoms with Gasteiger partial charge in [0.25, 0.3) is 11.7 Å². The third kappa shape index (κ3) is 6.42. The van der Waals surface area contributed by atoms with Gasteiger partial charge >= 0.3 is 0 Å². The first-order valence-electron chi connectivity index (χ1n) is 15.0. The van der Waals surface area contributed by atoms with Crippen LogP contribution in [0.25, 0.3) is 5.76 Å². The van der Waals surface area contributed by atoms with E-state index in [1.807, 2.05) is 44.2 Å². The van der Waals surface area contributed by atoms with Gasteiger partial charge in [-0.05, 0) is 67.6 Å². The van der Waals surface area contributed by atoms with E-state index in [4.69, 9.17) is 18.9 Å². The number of hydrogen-bond acceptors (Lipinski definition) is 8. The number of amides is 1. The number of Topliss-reactive ketones (excluding diaryl/α,β-unsaturated/α-hetero) is 1. The summed E-state index contributed by atoms with van der Waals surface area (Å²) >= 11 is 0. The summed E-state index contributed by atoms with van der Waals surface area (Å²) < 4.78 is 23.3. The summed E-state index contributed by atoms with van der Waals surface area (Å²) in [7, 11) is 0. The van der Waals surface area contributed by atoms with Crippen LogP contribution in [0.4, 0.5) is 0 Å².